The normalized spacial score (nSPS) is 19.5. The van der Waals surface area contributed by atoms with Crippen LogP contribution in [-0.4, -0.2) is 55.2 Å². The van der Waals surface area contributed by atoms with Gasteiger partial charge in [0.15, 0.2) is 5.76 Å². The van der Waals surface area contributed by atoms with Crippen LogP contribution in [0.15, 0.2) is 39.7 Å². The van der Waals surface area contributed by atoms with Crippen molar-refractivity contribution in [1.29, 1.82) is 0 Å². The molecule has 132 valence electrons. The van der Waals surface area contributed by atoms with Crippen molar-refractivity contribution in [2.45, 2.75) is 26.1 Å². The zero-order chi connectivity index (χ0) is 17.2. The molecule has 1 fully saturated rings. The molecule has 3 aromatic heterocycles. The molecule has 0 aliphatic carbocycles. The molecule has 25 heavy (non-hydrogen) atoms. The van der Waals surface area contributed by atoms with E-state index in [2.05, 4.69) is 36.4 Å². The monoisotopic (exact) mass is 342 g/mol. The van der Waals surface area contributed by atoms with E-state index in [1.807, 2.05) is 31.6 Å². The highest BCUT2D eigenvalue weighted by atomic mass is 16.5. The summed E-state index contributed by atoms with van der Waals surface area (Å²) < 4.78 is 12.7. The van der Waals surface area contributed by atoms with E-state index >= 15 is 0 Å². The summed E-state index contributed by atoms with van der Waals surface area (Å²) in [5, 5.41) is 3.99. The van der Waals surface area contributed by atoms with Gasteiger partial charge in [-0.1, -0.05) is 5.16 Å². The molecule has 8 nitrogen and oxygen atoms in total. The van der Waals surface area contributed by atoms with Crippen LogP contribution in [0.1, 0.15) is 18.6 Å². The van der Waals surface area contributed by atoms with E-state index < -0.39 is 0 Å². The van der Waals surface area contributed by atoms with E-state index in [0.717, 1.165) is 32.0 Å². The standard InChI is InChI=1S/C17H22N6O2/c1-13-10-22(7-8-23(13)11-15-18-5-6-21(15)2)12-16-19-17(20-25-16)14-4-3-9-24-14/h3-6,9,13H,7-8,10-12H2,1-2H3/t13-/m1/s1. The van der Waals surface area contributed by atoms with Gasteiger partial charge in [-0.25, -0.2) is 4.98 Å². The van der Waals surface area contributed by atoms with Gasteiger partial charge in [0.25, 0.3) is 0 Å². The predicted molar refractivity (Wildman–Crippen MR) is 90.4 cm³/mol. The molecule has 1 aliphatic rings. The van der Waals surface area contributed by atoms with E-state index in [1.165, 1.54) is 0 Å². The molecule has 0 aromatic carbocycles. The average molecular weight is 342 g/mol. The highest BCUT2D eigenvalue weighted by Crippen LogP contribution is 2.18. The number of aryl methyl sites for hydroxylation is 1. The molecular weight excluding hydrogens is 320 g/mol. The van der Waals surface area contributed by atoms with Gasteiger partial charge in [0.05, 0.1) is 19.4 Å². The third-order valence-corrected chi connectivity index (χ3v) is 4.68. The first-order chi connectivity index (χ1) is 12.2. The smallest absolute Gasteiger partial charge is 0.241 e. The summed E-state index contributed by atoms with van der Waals surface area (Å²) in [7, 11) is 2.04. The van der Waals surface area contributed by atoms with Gasteiger partial charge in [0.2, 0.25) is 11.7 Å². The molecule has 4 rings (SSSR count). The van der Waals surface area contributed by atoms with Crippen molar-refractivity contribution in [3.05, 3.63) is 42.5 Å². The lowest BCUT2D eigenvalue weighted by Gasteiger charge is -2.39. The molecule has 3 aromatic rings. The Balaban J connectivity index is 1.34. The Morgan fingerprint density at radius 3 is 2.92 bits per heavy atom. The van der Waals surface area contributed by atoms with Crippen molar-refractivity contribution >= 4 is 0 Å². The maximum absolute atomic E-state index is 5.36. The molecule has 0 unspecified atom stereocenters. The summed E-state index contributed by atoms with van der Waals surface area (Å²) in [6.07, 6.45) is 5.44. The Labute approximate surface area is 146 Å². The fourth-order valence-electron chi connectivity index (χ4n) is 3.20. The van der Waals surface area contributed by atoms with Gasteiger partial charge in [-0.15, -0.1) is 0 Å². The van der Waals surface area contributed by atoms with Gasteiger partial charge in [-0.3, -0.25) is 9.80 Å². The molecule has 1 atom stereocenters. The molecule has 0 bridgehead atoms. The lowest BCUT2D eigenvalue weighted by Crippen LogP contribution is -2.51. The van der Waals surface area contributed by atoms with E-state index in [9.17, 15) is 0 Å². The molecule has 8 heteroatoms. The van der Waals surface area contributed by atoms with Crippen LogP contribution in [-0.2, 0) is 20.1 Å². The van der Waals surface area contributed by atoms with Gasteiger partial charge in [-0.2, -0.15) is 4.98 Å². The highest BCUT2D eigenvalue weighted by Gasteiger charge is 2.26. The average Bonchev–Trinajstić information content (AvgIpc) is 3.32. The molecule has 1 saturated heterocycles. The summed E-state index contributed by atoms with van der Waals surface area (Å²) in [5.74, 6) is 2.85. The third kappa shape index (κ3) is 3.49. The van der Waals surface area contributed by atoms with Crippen LogP contribution in [0.25, 0.3) is 11.6 Å². The molecule has 0 saturated carbocycles. The van der Waals surface area contributed by atoms with Gasteiger partial charge in [-0.05, 0) is 19.1 Å². The zero-order valence-electron chi connectivity index (χ0n) is 14.5. The summed E-state index contributed by atoms with van der Waals surface area (Å²) in [6.45, 7) is 6.70. The molecular formula is C17H22N6O2. The van der Waals surface area contributed by atoms with Gasteiger partial charge in [0, 0.05) is 45.1 Å². The summed E-state index contributed by atoms with van der Waals surface area (Å²) in [5.41, 5.74) is 0. The van der Waals surface area contributed by atoms with Crippen molar-refractivity contribution in [1.82, 2.24) is 29.5 Å². The second-order valence-corrected chi connectivity index (χ2v) is 6.50. The predicted octanol–water partition coefficient (Wildman–Crippen LogP) is 1.77. The van der Waals surface area contributed by atoms with Crippen LogP contribution in [0, 0.1) is 0 Å². The van der Waals surface area contributed by atoms with Crippen molar-refractivity contribution in [2.75, 3.05) is 19.6 Å². The molecule has 1 aliphatic heterocycles. The van der Waals surface area contributed by atoms with Crippen molar-refractivity contribution < 1.29 is 8.94 Å². The molecule has 0 amide bonds. The van der Waals surface area contributed by atoms with Crippen LogP contribution >= 0.6 is 0 Å². The Hall–Kier alpha value is -2.45. The fourth-order valence-corrected chi connectivity index (χ4v) is 3.20. The number of hydrogen-bond acceptors (Lipinski definition) is 7. The van der Waals surface area contributed by atoms with Crippen LogP contribution in [0.4, 0.5) is 0 Å². The van der Waals surface area contributed by atoms with Crippen LogP contribution in [0.2, 0.25) is 0 Å². The zero-order valence-corrected chi connectivity index (χ0v) is 14.5. The Morgan fingerprint density at radius 1 is 1.28 bits per heavy atom. The molecule has 0 radical (unpaired) electrons. The van der Waals surface area contributed by atoms with E-state index in [4.69, 9.17) is 8.94 Å². The van der Waals surface area contributed by atoms with E-state index in [0.29, 0.717) is 30.1 Å². The Kier molecular flexibility index (Phi) is 4.37. The number of piperazine rings is 1. The Bertz CT molecular complexity index is 809. The highest BCUT2D eigenvalue weighted by molar-refractivity contribution is 5.44. The van der Waals surface area contributed by atoms with Gasteiger partial charge in [0.1, 0.15) is 5.82 Å². The lowest BCUT2D eigenvalue weighted by atomic mass is 10.2. The maximum Gasteiger partial charge on any atom is 0.241 e. The van der Waals surface area contributed by atoms with Crippen LogP contribution < -0.4 is 0 Å². The second kappa shape index (κ2) is 6.81. The van der Waals surface area contributed by atoms with Gasteiger partial charge >= 0.3 is 0 Å². The first kappa shape index (κ1) is 16.0. The maximum atomic E-state index is 5.36. The number of imidazole rings is 1. The molecule has 0 spiro atoms. The SMILES string of the molecule is C[C@@H]1CN(Cc2nc(-c3ccco3)no2)CCN1Cc1nccn1C. The topological polar surface area (TPSA) is 76.4 Å². The molecule has 0 N–H and O–H groups in total. The van der Waals surface area contributed by atoms with Crippen molar-refractivity contribution in [3.8, 4) is 11.6 Å². The van der Waals surface area contributed by atoms with Gasteiger partial charge < -0.3 is 13.5 Å². The number of nitrogens with zero attached hydrogens (tertiary/aromatic N) is 6. The van der Waals surface area contributed by atoms with Crippen LogP contribution in [0.5, 0.6) is 0 Å². The summed E-state index contributed by atoms with van der Waals surface area (Å²) in [4.78, 5) is 13.7. The quantitative estimate of drug-likeness (QED) is 0.699. The summed E-state index contributed by atoms with van der Waals surface area (Å²) in [6, 6.07) is 4.08. The minimum absolute atomic E-state index is 0.443. The second-order valence-electron chi connectivity index (χ2n) is 6.50. The first-order valence-electron chi connectivity index (χ1n) is 8.48. The third-order valence-electron chi connectivity index (χ3n) is 4.68. The number of aromatic nitrogens is 4. The minimum atomic E-state index is 0.443. The summed E-state index contributed by atoms with van der Waals surface area (Å²) >= 11 is 0. The fraction of sp³-hybridized carbons (Fsp3) is 0.471. The number of rotatable bonds is 5. The Morgan fingerprint density at radius 2 is 2.20 bits per heavy atom. The number of hydrogen-bond donors (Lipinski definition) is 0. The van der Waals surface area contributed by atoms with Crippen molar-refractivity contribution in [3.63, 3.8) is 0 Å². The molecule has 4 heterocycles. The number of furan rings is 1. The first-order valence-corrected chi connectivity index (χ1v) is 8.48. The minimum Gasteiger partial charge on any atom is -0.461 e. The largest absolute Gasteiger partial charge is 0.461 e. The van der Waals surface area contributed by atoms with Crippen molar-refractivity contribution in [2.24, 2.45) is 7.05 Å². The lowest BCUT2D eigenvalue weighted by molar-refractivity contribution is 0.0645. The van der Waals surface area contributed by atoms with E-state index in [-0.39, 0.29) is 0 Å². The van der Waals surface area contributed by atoms with E-state index in [1.54, 1.807) is 6.26 Å². The van der Waals surface area contributed by atoms with Crippen LogP contribution in [0.3, 0.4) is 0 Å².